The van der Waals surface area contributed by atoms with E-state index < -0.39 is 11.1 Å². The second-order valence-corrected chi connectivity index (χ2v) is 40.0. The molecule has 0 spiro atoms. The highest BCUT2D eigenvalue weighted by Gasteiger charge is 2.31. The van der Waals surface area contributed by atoms with E-state index in [0.29, 0.717) is 140 Å². The summed E-state index contributed by atoms with van der Waals surface area (Å²) in [6, 6.07) is 33.8. The maximum absolute atomic E-state index is 12.8. The molecule has 6 N–H and O–H groups in total. The SMILES string of the molecule is CC1CCN(c2ncc(Cl)c(Nc3ccc4c(c3)c(NC(C)(C)c3ncccn3)cc(=O)n4C)n2)CC1.CCC(=O)CCc1cc2cc(Nc3nc(N4CCC(C)CC4)ncc3Cl)ccc2n(C)c1=O.CCC(=O)CCc1cc2cc(Nc3nc(N4CCC(CC)CC4)ncc3Cl)ccc2n(C)c1=O.CCC1CCN(c2ncc(Cl)c(Nc3ccc4c(c3)c(NC(C)(C)c3ncccn3)cc(=O)n4C)n2)CC1. The van der Waals surface area contributed by atoms with Gasteiger partial charge in [-0.1, -0.05) is 101 Å². The van der Waals surface area contributed by atoms with Gasteiger partial charge in [-0.25, -0.2) is 39.9 Å². The molecule has 0 bridgehead atoms. The van der Waals surface area contributed by atoms with Crippen LogP contribution in [0.15, 0.2) is 178 Å². The van der Waals surface area contributed by atoms with Gasteiger partial charge in [0.2, 0.25) is 23.8 Å². The Morgan fingerprint density at radius 2 is 0.662 bits per heavy atom. The number of hydrogen-bond donors (Lipinski definition) is 6. The fraction of sp³-hybridized carbons (Fsp3) is 0.415. The van der Waals surface area contributed by atoms with E-state index in [1.54, 1.807) is 120 Å². The van der Waals surface area contributed by atoms with Crippen molar-refractivity contribution in [3.63, 3.8) is 0 Å². The molecule has 0 atom stereocenters. The monoisotopic (exact) mass is 2000 g/mol. The third-order valence-corrected chi connectivity index (χ3v) is 28.5. The van der Waals surface area contributed by atoms with E-state index >= 15 is 0 Å². The van der Waals surface area contributed by atoms with E-state index in [0.717, 1.165) is 194 Å². The number of ketones is 2. The van der Waals surface area contributed by atoms with Crippen LogP contribution < -0.4 is 73.7 Å². The number of piperidine rings is 4. The quantitative estimate of drug-likeness (QED) is 0.0265. The number of benzene rings is 4. The number of nitrogens with zero attached hydrogens (tertiary/aromatic N) is 20. The Kier molecular flexibility index (Phi) is 33.5. The average Bonchev–Trinajstić information content (AvgIpc) is 0.779. The van der Waals surface area contributed by atoms with Crippen LogP contribution in [0.3, 0.4) is 0 Å². The minimum absolute atomic E-state index is 0.0626. The summed E-state index contributed by atoms with van der Waals surface area (Å²) < 4.78 is 6.54. The smallest absolute Gasteiger partial charge is 0.253 e. The first kappa shape index (κ1) is 103. The molecule has 142 heavy (non-hydrogen) atoms. The van der Waals surface area contributed by atoms with E-state index in [1.807, 2.05) is 126 Å². The number of fused-ring (bicyclic) bond motifs is 4. The number of nitrogens with one attached hydrogen (secondary N) is 6. The van der Waals surface area contributed by atoms with Crippen molar-refractivity contribution < 1.29 is 9.59 Å². The number of hydrogen-bond acceptors (Lipinski definition) is 28. The normalized spacial score (nSPS) is 14.6. The Morgan fingerprint density at radius 1 is 0.373 bits per heavy atom. The van der Waals surface area contributed by atoms with Crippen LogP contribution >= 0.6 is 46.4 Å². The summed E-state index contributed by atoms with van der Waals surface area (Å²) >= 11 is 25.8. The lowest BCUT2D eigenvalue weighted by Crippen LogP contribution is -2.34. The van der Waals surface area contributed by atoms with Crippen molar-refractivity contribution in [2.75, 3.05) is 104 Å². The molecule has 4 aliphatic heterocycles. The molecule has 4 aliphatic rings. The predicted octanol–water partition coefficient (Wildman–Crippen LogP) is 20.7. The Labute approximate surface area is 846 Å². The number of anilines is 14. The molecule has 18 rings (SSSR count). The molecule has 0 radical (unpaired) electrons. The van der Waals surface area contributed by atoms with Crippen molar-refractivity contribution >= 4 is 183 Å². The summed E-state index contributed by atoms with van der Waals surface area (Å²) in [5.74, 6) is 9.50. The largest absolute Gasteiger partial charge is 0.372 e. The van der Waals surface area contributed by atoms with Crippen LogP contribution in [0.2, 0.25) is 20.1 Å². The maximum Gasteiger partial charge on any atom is 0.253 e. The molecule has 4 saturated heterocycles. The molecule has 0 unspecified atom stereocenters. The summed E-state index contributed by atoms with van der Waals surface area (Å²) in [5, 5.41) is 25.7. The highest BCUT2D eigenvalue weighted by Crippen LogP contribution is 2.39. The third-order valence-electron chi connectivity index (χ3n) is 27.4. The van der Waals surface area contributed by atoms with Crippen LogP contribution in [0.25, 0.3) is 43.6 Å². The number of aromatic nitrogens is 16. The lowest BCUT2D eigenvalue weighted by molar-refractivity contribution is -0.119. The lowest BCUT2D eigenvalue weighted by atomic mass is 9.95. The van der Waals surface area contributed by atoms with Gasteiger partial charge in [0.15, 0.2) is 34.9 Å². The number of aryl methyl sites for hydroxylation is 6. The Balaban J connectivity index is 0.000000143. The molecular formula is C106H126Cl4N26O6. The lowest BCUT2D eigenvalue weighted by Gasteiger charge is -2.31. The van der Waals surface area contributed by atoms with E-state index in [2.05, 4.69) is 124 Å². The predicted molar refractivity (Wildman–Crippen MR) is 574 cm³/mol. The molecule has 4 fully saturated rings. The van der Waals surface area contributed by atoms with Crippen LogP contribution in [0.4, 0.5) is 81.2 Å². The van der Waals surface area contributed by atoms with Crippen molar-refractivity contribution in [3.05, 3.63) is 243 Å². The topological polar surface area (TPSA) is 362 Å². The fourth-order valence-corrected chi connectivity index (χ4v) is 18.8. The van der Waals surface area contributed by atoms with Gasteiger partial charge in [-0.3, -0.25) is 28.8 Å². The molecule has 4 aromatic carbocycles. The maximum atomic E-state index is 12.8. The average molecular weight is 2000 g/mol. The molecule has 36 heteroatoms. The van der Waals surface area contributed by atoms with Crippen molar-refractivity contribution in [1.29, 1.82) is 0 Å². The standard InChI is InChI=1S/C28H33ClN8O.C27H31ClN8O.C26H32ClN5O2.C25H30ClN5O2/c1-5-18-9-13-37(14-10-18)27-32-17-21(29)25(34-27)33-19-7-8-23-20(15-19)22(16-24(38)36(23)4)35-28(2,3)26-30-11-6-12-31-26;1-17-8-12-36(13-9-17)26-31-16-20(28)24(33-26)32-18-6-7-22-19(14-18)21(15-23(37)35(22)4)34-27(2,3)25-29-10-5-11-30-25;1-4-17-10-12-32(13-11-17)26-28-16-22(27)24(30-26)29-20-7-9-23-19(15-20)14-18(25(34)31(23)3)6-8-21(33)5-2;1-4-20(32)7-5-17-13-18-14-19(6-8-22(18)30(3)24(17)33)28-23-21(26)15-27-25(29-23)31-11-9-16(2)10-12-31/h6-8,11-12,15-18,35H,5,9-10,13-14H2,1-4H3,(H,32,33,34);5-7,10-11,14-17,34H,8-9,12-13H2,1-4H3,(H,31,32,33);7,9,14-17H,4-6,8,10-13H2,1-3H3,(H,28,29,30);6,8,13-16H,4-5,7,9-12H2,1-3H3,(H,27,28,29). The van der Waals surface area contributed by atoms with E-state index in [-0.39, 0.29) is 33.8 Å². The van der Waals surface area contributed by atoms with Crippen LogP contribution in [-0.4, -0.2) is 142 Å². The van der Waals surface area contributed by atoms with Crippen molar-refractivity contribution in [2.45, 2.75) is 183 Å². The minimum Gasteiger partial charge on any atom is -0.372 e. The Bertz CT molecular complexity index is 7140. The summed E-state index contributed by atoms with van der Waals surface area (Å²) in [5.41, 5.74) is 7.57. The van der Waals surface area contributed by atoms with Gasteiger partial charge in [-0.2, -0.15) is 19.9 Å². The molecule has 10 aromatic heterocycles. The molecule has 14 aromatic rings. The molecule has 0 aliphatic carbocycles. The molecule has 744 valence electrons. The number of rotatable bonds is 28. The number of Topliss-reactive ketones (excluding diaryl/α,β-unsaturated/α-hetero) is 2. The highest BCUT2D eigenvalue weighted by molar-refractivity contribution is 6.34. The van der Waals surface area contributed by atoms with Crippen LogP contribution in [0.5, 0.6) is 0 Å². The molecule has 14 heterocycles. The van der Waals surface area contributed by atoms with Crippen molar-refractivity contribution in [1.82, 2.24) is 78.1 Å². The summed E-state index contributed by atoms with van der Waals surface area (Å²) in [6.07, 6.45) is 27.6. The zero-order chi connectivity index (χ0) is 101. The van der Waals surface area contributed by atoms with Gasteiger partial charge in [0.05, 0.1) is 57.9 Å². The molecule has 0 amide bonds. The first-order valence-electron chi connectivity index (χ1n) is 49.1. The zero-order valence-corrected chi connectivity index (χ0v) is 86.2. The van der Waals surface area contributed by atoms with Gasteiger partial charge in [0.1, 0.15) is 31.7 Å². The van der Waals surface area contributed by atoms with Crippen molar-refractivity contribution in [2.24, 2.45) is 51.9 Å². The van der Waals surface area contributed by atoms with Crippen LogP contribution in [0.1, 0.15) is 182 Å². The van der Waals surface area contributed by atoms with Gasteiger partial charge in [-0.05, 0) is 213 Å². The molecule has 32 nitrogen and oxygen atoms in total. The van der Waals surface area contributed by atoms with Gasteiger partial charge in [0, 0.05) is 210 Å². The first-order chi connectivity index (χ1) is 68.2. The highest BCUT2D eigenvalue weighted by atomic mass is 35.5. The summed E-state index contributed by atoms with van der Waals surface area (Å²) in [6.45, 7) is 28.2. The first-order valence-corrected chi connectivity index (χ1v) is 50.6. The van der Waals surface area contributed by atoms with Gasteiger partial charge in [0.25, 0.3) is 22.2 Å². The van der Waals surface area contributed by atoms with Gasteiger partial charge >= 0.3 is 0 Å². The summed E-state index contributed by atoms with van der Waals surface area (Å²) in [7, 11) is 7.05. The second kappa shape index (κ2) is 46.2. The minimum atomic E-state index is -0.611. The van der Waals surface area contributed by atoms with Gasteiger partial charge in [-0.15, -0.1) is 0 Å². The number of carbonyl (C=O) groups excluding carboxylic acids is 2. The Hall–Kier alpha value is -13.3. The fourth-order valence-electron chi connectivity index (χ4n) is 18.3. The number of halogens is 4. The summed E-state index contributed by atoms with van der Waals surface area (Å²) in [4.78, 5) is 138. The van der Waals surface area contributed by atoms with Crippen LogP contribution in [-0.2, 0) is 61.7 Å². The van der Waals surface area contributed by atoms with E-state index in [4.69, 9.17) is 61.4 Å². The number of pyridine rings is 4. The second-order valence-electron chi connectivity index (χ2n) is 38.4. The van der Waals surface area contributed by atoms with Gasteiger partial charge < -0.3 is 69.8 Å². The van der Waals surface area contributed by atoms with E-state index in [9.17, 15) is 28.8 Å². The van der Waals surface area contributed by atoms with Crippen molar-refractivity contribution in [3.8, 4) is 0 Å². The third kappa shape index (κ3) is 25.0. The van der Waals surface area contributed by atoms with Crippen LogP contribution in [0, 0.1) is 23.7 Å². The molecular weight excluding hydrogens is 1880 g/mol. The van der Waals surface area contributed by atoms with E-state index in [1.165, 1.54) is 12.8 Å². The zero-order valence-electron chi connectivity index (χ0n) is 83.2. The number of carbonyl (C=O) groups is 2. The molecule has 0 saturated carbocycles. The Morgan fingerprint density at radius 3 is 0.958 bits per heavy atom.